The number of nitrogens with zero attached hydrogens (tertiary/aromatic N) is 2. The molecule has 0 saturated carbocycles. The number of hydrogen-bond donors (Lipinski definition) is 1. The third kappa shape index (κ3) is 7.82. The first-order valence-corrected chi connectivity index (χ1v) is 14.9. The van der Waals surface area contributed by atoms with Crippen molar-refractivity contribution in [3.05, 3.63) is 93.9 Å². The molecule has 1 unspecified atom stereocenters. The highest BCUT2D eigenvalue weighted by molar-refractivity contribution is 9.10. The van der Waals surface area contributed by atoms with Gasteiger partial charge in [0.2, 0.25) is 11.8 Å². The molecule has 0 radical (unpaired) electrons. The van der Waals surface area contributed by atoms with E-state index in [2.05, 4.69) is 21.2 Å². The van der Waals surface area contributed by atoms with Gasteiger partial charge in [-0.15, -0.1) is 0 Å². The van der Waals surface area contributed by atoms with Crippen LogP contribution in [0.25, 0.3) is 0 Å². The van der Waals surface area contributed by atoms with Gasteiger partial charge in [-0.25, -0.2) is 8.42 Å². The number of carbonyl (C=O) groups excluding carboxylic acids is 2. The quantitative estimate of drug-likeness (QED) is 0.266. The number of rotatable bonds is 12. The van der Waals surface area contributed by atoms with Crippen LogP contribution in [0.4, 0.5) is 5.69 Å². The Morgan fingerprint density at radius 1 is 1.00 bits per heavy atom. The van der Waals surface area contributed by atoms with Crippen molar-refractivity contribution in [1.29, 1.82) is 0 Å². The average molecular weight is 621 g/mol. The van der Waals surface area contributed by atoms with Crippen molar-refractivity contribution in [2.45, 2.75) is 44.2 Å². The highest BCUT2D eigenvalue weighted by atomic mass is 79.9. The standard InChI is InChI=1S/C28H31BrClN3O4S/c1-3-4-16-31-28(35)21(2)32(19-22-10-8-11-23(29)17-22)27(34)20-33(25-13-9-12-24(30)18-25)38(36,37)26-14-6-5-7-15-26/h5-15,17-18,21H,3-4,16,19-20H2,1-2H3,(H,31,35). The first-order chi connectivity index (χ1) is 18.1. The third-order valence-electron chi connectivity index (χ3n) is 5.95. The summed E-state index contributed by atoms with van der Waals surface area (Å²) in [6.45, 7) is 3.77. The number of nitrogens with one attached hydrogen (secondary N) is 1. The normalized spacial score (nSPS) is 12.0. The van der Waals surface area contributed by atoms with Gasteiger partial charge in [-0.3, -0.25) is 13.9 Å². The summed E-state index contributed by atoms with van der Waals surface area (Å²) >= 11 is 9.63. The average Bonchev–Trinajstić information content (AvgIpc) is 2.90. The molecule has 38 heavy (non-hydrogen) atoms. The zero-order valence-corrected chi connectivity index (χ0v) is 24.5. The van der Waals surface area contributed by atoms with Crippen LogP contribution in [0.5, 0.6) is 0 Å². The van der Waals surface area contributed by atoms with Crippen molar-refractivity contribution >= 4 is 55.1 Å². The maximum Gasteiger partial charge on any atom is 0.264 e. The number of benzene rings is 3. The molecule has 1 atom stereocenters. The van der Waals surface area contributed by atoms with Gasteiger partial charge in [0.15, 0.2) is 0 Å². The Balaban J connectivity index is 1.99. The van der Waals surface area contributed by atoms with Crippen molar-refractivity contribution in [2.24, 2.45) is 0 Å². The van der Waals surface area contributed by atoms with Crippen LogP contribution in [0.1, 0.15) is 32.3 Å². The molecule has 1 N–H and O–H groups in total. The molecular formula is C28H31BrClN3O4S. The lowest BCUT2D eigenvalue weighted by Crippen LogP contribution is -2.51. The second kappa shape index (κ2) is 13.8. The molecular weight excluding hydrogens is 590 g/mol. The third-order valence-corrected chi connectivity index (χ3v) is 8.46. The molecule has 0 fully saturated rings. The highest BCUT2D eigenvalue weighted by Crippen LogP contribution is 2.27. The maximum absolute atomic E-state index is 13.9. The molecule has 0 aliphatic rings. The van der Waals surface area contributed by atoms with Gasteiger partial charge in [0, 0.05) is 22.6 Å². The summed E-state index contributed by atoms with van der Waals surface area (Å²) in [5, 5.41) is 3.20. The van der Waals surface area contributed by atoms with Gasteiger partial charge in [0.25, 0.3) is 10.0 Å². The topological polar surface area (TPSA) is 86.8 Å². The van der Waals surface area contributed by atoms with E-state index in [0.29, 0.717) is 11.6 Å². The predicted octanol–water partition coefficient (Wildman–Crippen LogP) is 5.63. The van der Waals surface area contributed by atoms with Crippen molar-refractivity contribution in [3.8, 4) is 0 Å². The fourth-order valence-corrected chi connectivity index (χ4v) is 5.89. The van der Waals surface area contributed by atoms with E-state index >= 15 is 0 Å². The number of hydrogen-bond acceptors (Lipinski definition) is 4. The Bertz CT molecular complexity index is 1350. The predicted molar refractivity (Wildman–Crippen MR) is 154 cm³/mol. The molecule has 3 aromatic carbocycles. The lowest BCUT2D eigenvalue weighted by molar-refractivity contribution is -0.139. The van der Waals surface area contributed by atoms with E-state index in [1.807, 2.05) is 31.2 Å². The zero-order valence-electron chi connectivity index (χ0n) is 21.3. The maximum atomic E-state index is 13.9. The minimum Gasteiger partial charge on any atom is -0.354 e. The van der Waals surface area contributed by atoms with E-state index in [-0.39, 0.29) is 23.0 Å². The number of carbonyl (C=O) groups is 2. The molecule has 0 aromatic heterocycles. The Kier molecular flexibility index (Phi) is 10.8. The second-order valence-electron chi connectivity index (χ2n) is 8.78. The molecule has 0 saturated heterocycles. The molecule has 2 amide bonds. The van der Waals surface area contributed by atoms with Crippen molar-refractivity contribution in [3.63, 3.8) is 0 Å². The largest absolute Gasteiger partial charge is 0.354 e. The van der Waals surface area contributed by atoms with Crippen LogP contribution in [0.3, 0.4) is 0 Å². The lowest BCUT2D eigenvalue weighted by atomic mass is 10.1. The number of anilines is 1. The van der Waals surface area contributed by atoms with Gasteiger partial charge in [-0.1, -0.05) is 77.3 Å². The first-order valence-electron chi connectivity index (χ1n) is 12.3. The summed E-state index contributed by atoms with van der Waals surface area (Å²) in [6.07, 6.45) is 1.73. The van der Waals surface area contributed by atoms with E-state index in [1.54, 1.807) is 43.3 Å². The molecule has 0 aliphatic carbocycles. The minimum absolute atomic E-state index is 0.0386. The Morgan fingerprint density at radius 2 is 1.71 bits per heavy atom. The Hall–Kier alpha value is -2.88. The SMILES string of the molecule is CCCCNC(=O)C(C)N(Cc1cccc(Br)c1)C(=O)CN(c1cccc(Cl)c1)S(=O)(=O)c1ccccc1. The molecule has 0 spiro atoms. The van der Waals surface area contributed by atoms with Crippen LogP contribution in [-0.2, 0) is 26.2 Å². The summed E-state index contributed by atoms with van der Waals surface area (Å²) in [5.74, 6) is -0.829. The zero-order chi connectivity index (χ0) is 27.7. The van der Waals surface area contributed by atoms with Gasteiger partial charge in [0.1, 0.15) is 12.6 Å². The van der Waals surface area contributed by atoms with Gasteiger partial charge in [0.05, 0.1) is 10.6 Å². The Morgan fingerprint density at radius 3 is 2.37 bits per heavy atom. The highest BCUT2D eigenvalue weighted by Gasteiger charge is 2.32. The number of sulfonamides is 1. The molecule has 0 aliphatic heterocycles. The van der Waals surface area contributed by atoms with E-state index in [0.717, 1.165) is 27.2 Å². The van der Waals surface area contributed by atoms with E-state index in [9.17, 15) is 18.0 Å². The molecule has 0 heterocycles. The number of amides is 2. The number of unbranched alkanes of at least 4 members (excludes halogenated alkanes) is 1. The van der Waals surface area contributed by atoms with Gasteiger partial charge in [-0.2, -0.15) is 0 Å². The van der Waals surface area contributed by atoms with Crippen LogP contribution in [0.2, 0.25) is 5.02 Å². The first kappa shape index (κ1) is 29.7. The summed E-state index contributed by atoms with van der Waals surface area (Å²) < 4.78 is 29.3. The van der Waals surface area contributed by atoms with E-state index in [1.165, 1.54) is 23.1 Å². The fourth-order valence-electron chi connectivity index (χ4n) is 3.83. The summed E-state index contributed by atoms with van der Waals surface area (Å²) in [6, 6.07) is 20.8. The second-order valence-corrected chi connectivity index (χ2v) is 12.0. The Labute approximate surface area is 238 Å². The van der Waals surface area contributed by atoms with Crippen LogP contribution >= 0.6 is 27.5 Å². The summed E-state index contributed by atoms with van der Waals surface area (Å²) in [7, 11) is -4.12. The van der Waals surface area contributed by atoms with Gasteiger partial charge >= 0.3 is 0 Å². The van der Waals surface area contributed by atoms with Gasteiger partial charge in [-0.05, 0) is 61.4 Å². The van der Waals surface area contributed by atoms with E-state index < -0.39 is 28.5 Å². The number of halogens is 2. The van der Waals surface area contributed by atoms with Gasteiger partial charge < -0.3 is 10.2 Å². The fraction of sp³-hybridized carbons (Fsp3) is 0.286. The molecule has 10 heteroatoms. The van der Waals surface area contributed by atoms with Crippen molar-refractivity contribution in [2.75, 3.05) is 17.4 Å². The van der Waals surface area contributed by atoms with E-state index in [4.69, 9.17) is 11.6 Å². The van der Waals surface area contributed by atoms with Crippen LogP contribution in [0.15, 0.2) is 88.2 Å². The molecule has 0 bridgehead atoms. The van der Waals surface area contributed by atoms with Crippen molar-refractivity contribution in [1.82, 2.24) is 10.2 Å². The molecule has 3 aromatic rings. The van der Waals surface area contributed by atoms with Crippen molar-refractivity contribution < 1.29 is 18.0 Å². The van der Waals surface area contributed by atoms with Crippen LogP contribution in [0, 0.1) is 0 Å². The lowest BCUT2D eigenvalue weighted by Gasteiger charge is -2.32. The van der Waals surface area contributed by atoms with Crippen LogP contribution < -0.4 is 9.62 Å². The molecule has 7 nitrogen and oxygen atoms in total. The monoisotopic (exact) mass is 619 g/mol. The summed E-state index contributed by atoms with van der Waals surface area (Å²) in [5.41, 5.74) is 1.04. The minimum atomic E-state index is -4.12. The molecule has 3 rings (SSSR count). The van der Waals surface area contributed by atoms with Crippen LogP contribution in [-0.4, -0.2) is 44.3 Å². The molecule has 202 valence electrons. The summed E-state index contributed by atoms with van der Waals surface area (Å²) in [4.78, 5) is 28.3. The smallest absolute Gasteiger partial charge is 0.264 e.